The van der Waals surface area contributed by atoms with Crippen LogP contribution in [0.3, 0.4) is 0 Å². The molecule has 3 N–H and O–H groups in total. The van der Waals surface area contributed by atoms with Crippen LogP contribution >= 0.6 is 0 Å². The lowest BCUT2D eigenvalue weighted by atomic mass is 10.3. The minimum absolute atomic E-state index is 0.153. The molecule has 0 radical (unpaired) electrons. The highest BCUT2D eigenvalue weighted by Gasteiger charge is 2.43. The van der Waals surface area contributed by atoms with E-state index in [1.807, 2.05) is 0 Å². The summed E-state index contributed by atoms with van der Waals surface area (Å²) in [5, 5.41) is 13.1. The Balaban J connectivity index is 2.02. The molecule has 1 aliphatic rings. The Morgan fingerprint density at radius 3 is 2.60 bits per heavy atom. The molecule has 0 spiro atoms. The number of benzene rings is 1. The van der Waals surface area contributed by atoms with Gasteiger partial charge in [0, 0.05) is 11.8 Å². The second-order valence-corrected chi connectivity index (χ2v) is 3.99. The Labute approximate surface area is 111 Å². The highest BCUT2D eigenvalue weighted by Crippen LogP contribution is 2.42. The molecule has 9 heteroatoms. The van der Waals surface area contributed by atoms with Crippen molar-refractivity contribution in [2.75, 3.05) is 5.32 Å². The molecule has 2 amide bonds. The number of hydrogen-bond acceptors (Lipinski definition) is 4. The van der Waals surface area contributed by atoms with Gasteiger partial charge in [-0.2, -0.15) is 0 Å². The number of urea groups is 1. The number of amides is 2. The molecule has 1 aliphatic heterocycles. The van der Waals surface area contributed by atoms with Crippen LogP contribution in [0.25, 0.3) is 0 Å². The average Bonchev–Trinajstić information content (AvgIpc) is 2.61. The molecule has 1 aromatic carbocycles. The first-order valence-electron chi connectivity index (χ1n) is 5.47. The summed E-state index contributed by atoms with van der Waals surface area (Å²) in [7, 11) is 0. The minimum Gasteiger partial charge on any atom is -0.480 e. The molecule has 0 aliphatic carbocycles. The zero-order valence-corrected chi connectivity index (χ0v) is 10.1. The lowest BCUT2D eigenvalue weighted by molar-refractivity contribution is -0.286. The lowest BCUT2D eigenvalue weighted by Gasteiger charge is -2.10. The first-order valence-corrected chi connectivity index (χ1v) is 5.47. The number of fused-ring (bicyclic) bond motifs is 1. The molecular formula is C11H10F2N2O5. The van der Waals surface area contributed by atoms with Gasteiger partial charge >= 0.3 is 18.3 Å². The third-order valence-electron chi connectivity index (χ3n) is 2.38. The van der Waals surface area contributed by atoms with Crippen LogP contribution in [0, 0.1) is 0 Å². The van der Waals surface area contributed by atoms with Crippen molar-refractivity contribution >= 4 is 17.7 Å². The molecule has 0 unspecified atom stereocenters. The highest BCUT2D eigenvalue weighted by atomic mass is 19.3. The summed E-state index contributed by atoms with van der Waals surface area (Å²) >= 11 is 0. The Hall–Kier alpha value is -2.58. The van der Waals surface area contributed by atoms with Crippen LogP contribution in [0.1, 0.15) is 6.92 Å². The Morgan fingerprint density at radius 2 is 1.95 bits per heavy atom. The van der Waals surface area contributed by atoms with E-state index in [0.29, 0.717) is 0 Å². The van der Waals surface area contributed by atoms with Crippen molar-refractivity contribution in [2.45, 2.75) is 19.3 Å². The molecule has 7 nitrogen and oxygen atoms in total. The molecule has 1 heterocycles. The SMILES string of the molecule is C[C@H](NC(=O)Nc1ccc2c(c1)OC(F)(F)O2)C(=O)O. The number of rotatable bonds is 3. The number of carbonyl (C=O) groups is 2. The van der Waals surface area contributed by atoms with Gasteiger partial charge in [-0.1, -0.05) is 0 Å². The molecule has 0 aromatic heterocycles. The summed E-state index contributed by atoms with van der Waals surface area (Å²) in [5.41, 5.74) is 0.153. The van der Waals surface area contributed by atoms with Crippen molar-refractivity contribution in [1.29, 1.82) is 0 Å². The van der Waals surface area contributed by atoms with E-state index in [1.165, 1.54) is 19.1 Å². The highest BCUT2D eigenvalue weighted by molar-refractivity contribution is 5.92. The first-order chi connectivity index (χ1) is 9.27. The number of carbonyl (C=O) groups excluding carboxylic acids is 1. The van der Waals surface area contributed by atoms with Gasteiger partial charge in [0.05, 0.1) is 0 Å². The van der Waals surface area contributed by atoms with Gasteiger partial charge in [-0.25, -0.2) is 4.79 Å². The molecule has 0 saturated heterocycles. The van der Waals surface area contributed by atoms with E-state index in [9.17, 15) is 18.4 Å². The van der Waals surface area contributed by atoms with E-state index in [1.54, 1.807) is 0 Å². The van der Waals surface area contributed by atoms with Crippen molar-refractivity contribution < 1.29 is 33.0 Å². The van der Waals surface area contributed by atoms with Crippen molar-refractivity contribution in [3.8, 4) is 11.5 Å². The van der Waals surface area contributed by atoms with Crippen LogP contribution in [0.5, 0.6) is 11.5 Å². The molecule has 1 atom stereocenters. The number of anilines is 1. The maximum absolute atomic E-state index is 12.8. The standard InChI is InChI=1S/C11H10F2N2O5/c1-5(9(16)17)14-10(18)15-6-2-3-7-8(4-6)20-11(12,13)19-7/h2-5H,1H3,(H,16,17)(H2,14,15,18)/t5-/m0/s1. The van der Waals surface area contributed by atoms with Gasteiger partial charge in [0.15, 0.2) is 11.5 Å². The smallest absolute Gasteiger partial charge is 0.480 e. The maximum atomic E-state index is 12.8. The molecule has 108 valence electrons. The zero-order valence-electron chi connectivity index (χ0n) is 10.1. The fourth-order valence-electron chi connectivity index (χ4n) is 1.45. The number of hydrogen-bond donors (Lipinski definition) is 3. The second-order valence-electron chi connectivity index (χ2n) is 3.99. The van der Waals surface area contributed by atoms with Crippen molar-refractivity contribution in [1.82, 2.24) is 5.32 Å². The Bertz CT molecular complexity index is 564. The van der Waals surface area contributed by atoms with E-state index in [2.05, 4.69) is 20.1 Å². The molecule has 1 aromatic rings. The number of aliphatic carboxylic acids is 1. The van der Waals surface area contributed by atoms with Crippen LogP contribution in [-0.4, -0.2) is 29.4 Å². The monoisotopic (exact) mass is 288 g/mol. The third-order valence-corrected chi connectivity index (χ3v) is 2.38. The second kappa shape index (κ2) is 4.83. The van der Waals surface area contributed by atoms with Crippen LogP contribution in [0.15, 0.2) is 18.2 Å². The van der Waals surface area contributed by atoms with E-state index in [4.69, 9.17) is 5.11 Å². The zero-order chi connectivity index (χ0) is 14.9. The van der Waals surface area contributed by atoms with Gasteiger partial charge in [0.2, 0.25) is 0 Å². The summed E-state index contributed by atoms with van der Waals surface area (Å²) in [4.78, 5) is 22.0. The number of halogens is 2. The molecule has 20 heavy (non-hydrogen) atoms. The average molecular weight is 288 g/mol. The van der Waals surface area contributed by atoms with Crippen LogP contribution < -0.4 is 20.1 Å². The fraction of sp³-hybridized carbons (Fsp3) is 0.273. The van der Waals surface area contributed by atoms with E-state index in [0.717, 1.165) is 6.07 Å². The van der Waals surface area contributed by atoms with E-state index in [-0.39, 0.29) is 17.2 Å². The van der Waals surface area contributed by atoms with Gasteiger partial charge in [0.25, 0.3) is 0 Å². The van der Waals surface area contributed by atoms with Gasteiger partial charge in [-0.3, -0.25) is 4.79 Å². The largest absolute Gasteiger partial charge is 0.586 e. The van der Waals surface area contributed by atoms with Gasteiger partial charge in [-0.15, -0.1) is 8.78 Å². The van der Waals surface area contributed by atoms with Gasteiger partial charge in [0.1, 0.15) is 6.04 Å². The summed E-state index contributed by atoms with van der Waals surface area (Å²) in [5.74, 6) is -1.58. The normalized spacial score (nSPS) is 16.4. The number of ether oxygens (including phenoxy) is 2. The van der Waals surface area contributed by atoms with Gasteiger partial charge < -0.3 is 25.2 Å². The van der Waals surface area contributed by atoms with Crippen LogP contribution in [0.2, 0.25) is 0 Å². The van der Waals surface area contributed by atoms with Gasteiger partial charge in [-0.05, 0) is 19.1 Å². The number of nitrogens with one attached hydrogen (secondary N) is 2. The van der Waals surface area contributed by atoms with Crippen LogP contribution in [0.4, 0.5) is 19.3 Å². The predicted octanol–water partition coefficient (Wildman–Crippen LogP) is 1.60. The summed E-state index contributed by atoms with van der Waals surface area (Å²) in [6.45, 7) is 1.28. The van der Waals surface area contributed by atoms with Crippen LogP contribution in [-0.2, 0) is 4.79 Å². The summed E-state index contributed by atoms with van der Waals surface area (Å²) in [6, 6.07) is 1.78. The third kappa shape index (κ3) is 3.05. The Kier molecular flexibility index (Phi) is 3.35. The maximum Gasteiger partial charge on any atom is 0.586 e. The summed E-state index contributed by atoms with van der Waals surface area (Å²) < 4.78 is 34.0. The number of carboxylic acids is 1. The van der Waals surface area contributed by atoms with Crippen molar-refractivity contribution in [3.63, 3.8) is 0 Å². The van der Waals surface area contributed by atoms with E-state index >= 15 is 0 Å². The van der Waals surface area contributed by atoms with Crippen molar-refractivity contribution in [2.24, 2.45) is 0 Å². The molecule has 0 fully saturated rings. The predicted molar refractivity (Wildman–Crippen MR) is 61.9 cm³/mol. The van der Waals surface area contributed by atoms with E-state index < -0.39 is 24.3 Å². The number of alkyl halides is 2. The molecule has 0 bridgehead atoms. The molecular weight excluding hydrogens is 278 g/mol. The lowest BCUT2D eigenvalue weighted by Crippen LogP contribution is -2.40. The van der Waals surface area contributed by atoms with Crippen molar-refractivity contribution in [3.05, 3.63) is 18.2 Å². The summed E-state index contributed by atoms with van der Waals surface area (Å²) in [6.07, 6.45) is -3.74. The first kappa shape index (κ1) is 13.8. The fourth-order valence-corrected chi connectivity index (χ4v) is 1.45. The molecule has 0 saturated carbocycles. The minimum atomic E-state index is -3.74. The quantitative estimate of drug-likeness (QED) is 0.785. The topological polar surface area (TPSA) is 96.9 Å². The number of carboxylic acid groups (broad SMARTS) is 1. The Morgan fingerprint density at radius 1 is 1.30 bits per heavy atom. The molecule has 2 rings (SSSR count).